The maximum Gasteiger partial charge on any atom is 0.0610 e. The van der Waals surface area contributed by atoms with Crippen molar-refractivity contribution >= 4 is 11.8 Å². The highest BCUT2D eigenvalue weighted by atomic mass is 32.2. The van der Waals surface area contributed by atoms with Gasteiger partial charge in [0.25, 0.3) is 0 Å². The summed E-state index contributed by atoms with van der Waals surface area (Å²) in [6, 6.07) is 6.93. The summed E-state index contributed by atoms with van der Waals surface area (Å²) in [6.45, 7) is 1.77. The summed E-state index contributed by atoms with van der Waals surface area (Å²) < 4.78 is 0. The molecule has 17 heavy (non-hydrogen) atoms. The quantitative estimate of drug-likeness (QED) is 0.474. The standard InChI is InChI=1S/C13H21N3S/c1-16(10-15-14)7-6-11-4-5-13-12(9-11)3-2-8-17-13/h4-5,9,15H,2-3,6-8,10,14H2,1H3. The molecule has 0 radical (unpaired) electrons. The first kappa shape index (κ1) is 12.9. The van der Waals surface area contributed by atoms with Crippen LogP contribution < -0.4 is 11.3 Å². The van der Waals surface area contributed by atoms with Gasteiger partial charge >= 0.3 is 0 Å². The molecule has 1 aromatic carbocycles. The number of aryl methyl sites for hydroxylation is 1. The molecule has 0 saturated carbocycles. The van der Waals surface area contributed by atoms with Crippen LogP contribution in [-0.4, -0.2) is 30.9 Å². The Morgan fingerprint density at radius 1 is 1.47 bits per heavy atom. The molecule has 1 aliphatic rings. The number of thioether (sulfide) groups is 1. The number of rotatable bonds is 5. The Hall–Kier alpha value is -0.550. The molecule has 1 heterocycles. The van der Waals surface area contributed by atoms with Crippen molar-refractivity contribution in [3.8, 4) is 0 Å². The zero-order valence-corrected chi connectivity index (χ0v) is 11.2. The highest BCUT2D eigenvalue weighted by molar-refractivity contribution is 7.99. The molecule has 3 N–H and O–H groups in total. The first-order chi connectivity index (χ1) is 8.29. The highest BCUT2D eigenvalue weighted by Crippen LogP contribution is 2.30. The zero-order valence-electron chi connectivity index (χ0n) is 10.4. The van der Waals surface area contributed by atoms with E-state index in [1.165, 1.54) is 29.1 Å². The smallest absolute Gasteiger partial charge is 0.0610 e. The van der Waals surface area contributed by atoms with Crippen molar-refractivity contribution in [3.63, 3.8) is 0 Å². The van der Waals surface area contributed by atoms with E-state index in [-0.39, 0.29) is 0 Å². The molecule has 0 aliphatic carbocycles. The number of nitrogens with zero attached hydrogens (tertiary/aromatic N) is 1. The molecule has 1 aromatic rings. The van der Waals surface area contributed by atoms with E-state index >= 15 is 0 Å². The van der Waals surface area contributed by atoms with Crippen LogP contribution in [0.25, 0.3) is 0 Å². The maximum atomic E-state index is 5.30. The fraction of sp³-hybridized carbons (Fsp3) is 0.538. The van der Waals surface area contributed by atoms with Crippen molar-refractivity contribution < 1.29 is 0 Å². The number of nitrogens with one attached hydrogen (secondary N) is 1. The third-order valence-corrected chi connectivity index (χ3v) is 4.32. The van der Waals surface area contributed by atoms with Crippen LogP contribution in [0.15, 0.2) is 23.1 Å². The van der Waals surface area contributed by atoms with E-state index < -0.39 is 0 Å². The molecule has 0 aromatic heterocycles. The number of hydrogen-bond donors (Lipinski definition) is 2. The van der Waals surface area contributed by atoms with E-state index in [0.29, 0.717) is 0 Å². The highest BCUT2D eigenvalue weighted by Gasteiger charge is 2.10. The molecule has 3 nitrogen and oxygen atoms in total. The average molecular weight is 251 g/mol. The summed E-state index contributed by atoms with van der Waals surface area (Å²) in [5.74, 6) is 6.57. The van der Waals surface area contributed by atoms with Gasteiger partial charge in [0.05, 0.1) is 6.67 Å². The second-order valence-electron chi connectivity index (χ2n) is 4.59. The van der Waals surface area contributed by atoms with Crippen LogP contribution in [0, 0.1) is 0 Å². The molecule has 4 heteroatoms. The number of fused-ring (bicyclic) bond motifs is 1. The first-order valence-electron chi connectivity index (χ1n) is 6.16. The van der Waals surface area contributed by atoms with Gasteiger partial charge in [0.1, 0.15) is 0 Å². The minimum Gasteiger partial charge on any atom is -0.292 e. The number of hydrazine groups is 1. The van der Waals surface area contributed by atoms with Crippen molar-refractivity contribution in [2.75, 3.05) is 26.0 Å². The van der Waals surface area contributed by atoms with Gasteiger partial charge in [-0.3, -0.25) is 10.7 Å². The molecule has 0 atom stereocenters. The van der Waals surface area contributed by atoms with Gasteiger partial charge in [0.2, 0.25) is 0 Å². The summed E-state index contributed by atoms with van der Waals surface area (Å²) in [5.41, 5.74) is 5.66. The second-order valence-corrected chi connectivity index (χ2v) is 5.72. The summed E-state index contributed by atoms with van der Waals surface area (Å²) in [5, 5.41) is 0. The third-order valence-electron chi connectivity index (χ3n) is 3.12. The van der Waals surface area contributed by atoms with Gasteiger partial charge in [0, 0.05) is 11.4 Å². The zero-order chi connectivity index (χ0) is 12.1. The normalized spacial score (nSPS) is 15.0. The van der Waals surface area contributed by atoms with E-state index in [1.54, 1.807) is 5.56 Å². The van der Waals surface area contributed by atoms with Crippen molar-refractivity contribution in [3.05, 3.63) is 29.3 Å². The molecule has 94 valence electrons. The van der Waals surface area contributed by atoms with Crippen molar-refractivity contribution in [2.24, 2.45) is 5.84 Å². The number of hydrogen-bond acceptors (Lipinski definition) is 4. The Balaban J connectivity index is 1.93. The Morgan fingerprint density at radius 2 is 2.35 bits per heavy atom. The molecule has 2 rings (SSSR count). The lowest BCUT2D eigenvalue weighted by Crippen LogP contribution is -2.36. The SMILES string of the molecule is CN(CCc1ccc2c(c1)CCCS2)CNN. The number of benzene rings is 1. The van der Waals surface area contributed by atoms with Crippen LogP contribution in [-0.2, 0) is 12.8 Å². The van der Waals surface area contributed by atoms with Gasteiger partial charge in [-0.15, -0.1) is 11.8 Å². The minimum atomic E-state index is 0.737. The Kier molecular flexibility index (Phi) is 4.86. The van der Waals surface area contributed by atoms with Gasteiger partial charge in [-0.05, 0) is 49.3 Å². The van der Waals surface area contributed by atoms with Gasteiger partial charge in [-0.25, -0.2) is 5.43 Å². The van der Waals surface area contributed by atoms with Crippen LogP contribution in [0.2, 0.25) is 0 Å². The first-order valence-corrected chi connectivity index (χ1v) is 7.15. The summed E-state index contributed by atoms with van der Waals surface area (Å²) in [4.78, 5) is 3.67. The molecule has 0 bridgehead atoms. The van der Waals surface area contributed by atoms with Crippen LogP contribution in [0.3, 0.4) is 0 Å². The molecule has 0 fully saturated rings. The minimum absolute atomic E-state index is 0.737. The lowest BCUT2D eigenvalue weighted by atomic mass is 10.0. The van der Waals surface area contributed by atoms with Crippen LogP contribution >= 0.6 is 11.8 Å². The van der Waals surface area contributed by atoms with Gasteiger partial charge in [-0.1, -0.05) is 12.1 Å². The Morgan fingerprint density at radius 3 is 3.18 bits per heavy atom. The van der Waals surface area contributed by atoms with Gasteiger partial charge in [-0.2, -0.15) is 0 Å². The molecule has 0 unspecified atom stereocenters. The average Bonchev–Trinajstić information content (AvgIpc) is 2.36. The largest absolute Gasteiger partial charge is 0.292 e. The number of nitrogens with two attached hydrogens (primary N) is 1. The van der Waals surface area contributed by atoms with E-state index in [9.17, 15) is 0 Å². The van der Waals surface area contributed by atoms with Crippen LogP contribution in [0.4, 0.5) is 0 Å². The number of likely N-dealkylation sites (N-methyl/N-ethyl adjacent to an activating group) is 1. The van der Waals surface area contributed by atoms with E-state index in [1.807, 2.05) is 11.8 Å². The maximum absolute atomic E-state index is 5.30. The molecule has 0 saturated heterocycles. The van der Waals surface area contributed by atoms with E-state index in [4.69, 9.17) is 5.84 Å². The van der Waals surface area contributed by atoms with Crippen molar-refractivity contribution in [1.29, 1.82) is 0 Å². The molecular formula is C13H21N3S. The molecule has 0 spiro atoms. The monoisotopic (exact) mass is 251 g/mol. The predicted octanol–water partition coefficient (Wildman–Crippen LogP) is 1.62. The molecule has 1 aliphatic heterocycles. The third kappa shape index (κ3) is 3.71. The van der Waals surface area contributed by atoms with E-state index in [0.717, 1.165) is 19.6 Å². The Bertz CT molecular complexity index is 368. The fourth-order valence-electron chi connectivity index (χ4n) is 2.12. The second kappa shape index (κ2) is 6.40. The van der Waals surface area contributed by atoms with Crippen LogP contribution in [0.1, 0.15) is 17.5 Å². The Labute approximate surface area is 108 Å². The summed E-state index contributed by atoms with van der Waals surface area (Å²) >= 11 is 1.99. The summed E-state index contributed by atoms with van der Waals surface area (Å²) in [7, 11) is 2.08. The van der Waals surface area contributed by atoms with Crippen molar-refractivity contribution in [2.45, 2.75) is 24.2 Å². The molecule has 0 amide bonds. The predicted molar refractivity (Wildman–Crippen MR) is 74.0 cm³/mol. The topological polar surface area (TPSA) is 41.3 Å². The van der Waals surface area contributed by atoms with Crippen LogP contribution in [0.5, 0.6) is 0 Å². The molecular weight excluding hydrogens is 230 g/mol. The lowest BCUT2D eigenvalue weighted by Gasteiger charge is -2.18. The van der Waals surface area contributed by atoms with E-state index in [2.05, 4.69) is 35.6 Å². The summed E-state index contributed by atoms with van der Waals surface area (Å²) in [6.07, 6.45) is 3.66. The van der Waals surface area contributed by atoms with Crippen molar-refractivity contribution in [1.82, 2.24) is 10.3 Å². The fourth-order valence-corrected chi connectivity index (χ4v) is 3.14. The van der Waals surface area contributed by atoms with Gasteiger partial charge in [0.15, 0.2) is 0 Å². The van der Waals surface area contributed by atoms with Gasteiger partial charge < -0.3 is 0 Å². The lowest BCUT2D eigenvalue weighted by molar-refractivity contribution is 0.313.